The molecule has 5 nitrogen and oxygen atoms in total. The number of benzene rings is 1. The Morgan fingerprint density at radius 2 is 1.96 bits per heavy atom. The van der Waals surface area contributed by atoms with E-state index in [-0.39, 0.29) is 11.9 Å². The average Bonchev–Trinajstić information content (AvgIpc) is 2.98. The third-order valence-electron chi connectivity index (χ3n) is 4.22. The summed E-state index contributed by atoms with van der Waals surface area (Å²) in [6.07, 6.45) is 6.05. The molecule has 0 radical (unpaired) electrons. The van der Waals surface area contributed by atoms with Gasteiger partial charge in [-0.25, -0.2) is 0 Å². The van der Waals surface area contributed by atoms with Crippen LogP contribution in [0, 0.1) is 0 Å². The fraction of sp³-hybridized carbons (Fsp3) is 0.471. The molecule has 1 aromatic heterocycles. The van der Waals surface area contributed by atoms with Crippen molar-refractivity contribution in [3.63, 3.8) is 0 Å². The van der Waals surface area contributed by atoms with Gasteiger partial charge in [-0.15, -0.1) is 0 Å². The Bertz CT molecular complexity index is 663. The summed E-state index contributed by atoms with van der Waals surface area (Å²) in [5.74, 6) is 0.531. The minimum absolute atomic E-state index is 0.0430. The minimum Gasteiger partial charge on any atom is -0.315 e. The fourth-order valence-electron chi connectivity index (χ4n) is 3.09. The van der Waals surface area contributed by atoms with Gasteiger partial charge in [-0.3, -0.25) is 9.69 Å². The first-order valence-corrected chi connectivity index (χ1v) is 8.38. The van der Waals surface area contributed by atoms with Crippen LogP contribution in [0.5, 0.6) is 0 Å². The zero-order valence-corrected chi connectivity index (χ0v) is 13.9. The molecule has 2 aromatic rings. The van der Waals surface area contributed by atoms with Crippen molar-refractivity contribution < 1.29 is 9.32 Å². The molecular weight excluding hydrogens is 314 g/mol. The van der Waals surface area contributed by atoms with Crippen LogP contribution in [-0.2, 0) is 11.2 Å². The average molecular weight is 334 g/mol. The molecule has 23 heavy (non-hydrogen) atoms. The maximum Gasteiger partial charge on any atom is 0.331 e. The van der Waals surface area contributed by atoms with E-state index >= 15 is 0 Å². The van der Waals surface area contributed by atoms with E-state index in [0.717, 1.165) is 31.2 Å². The first kappa shape index (κ1) is 16.0. The molecule has 1 amide bonds. The topological polar surface area (TPSA) is 59.2 Å². The highest BCUT2D eigenvalue weighted by Crippen LogP contribution is 2.27. The molecule has 1 aromatic carbocycles. The summed E-state index contributed by atoms with van der Waals surface area (Å²) in [6, 6.07) is 8.02. The second-order valence-corrected chi connectivity index (χ2v) is 6.41. The highest BCUT2D eigenvalue weighted by molar-refractivity contribution is 6.30. The quantitative estimate of drug-likeness (QED) is 0.848. The molecular formula is C17H20ClN3O2. The van der Waals surface area contributed by atoms with Gasteiger partial charge >= 0.3 is 6.01 Å². The van der Waals surface area contributed by atoms with Crippen LogP contribution in [0.25, 0.3) is 0 Å². The molecule has 0 spiro atoms. The van der Waals surface area contributed by atoms with Crippen LogP contribution in [0.3, 0.4) is 0 Å². The van der Waals surface area contributed by atoms with Crippen LogP contribution in [0.2, 0.25) is 5.02 Å². The molecule has 0 bridgehead atoms. The smallest absolute Gasteiger partial charge is 0.315 e. The van der Waals surface area contributed by atoms with E-state index < -0.39 is 0 Å². The standard InChI is InChI=1S/C17H20ClN3O2/c1-12(22)21(15-5-3-2-4-6-15)17-19-16(20-23-17)11-13-7-9-14(18)10-8-13/h7-10,15H,2-6,11H2,1H3. The van der Waals surface area contributed by atoms with Gasteiger partial charge in [-0.1, -0.05) is 48.2 Å². The third kappa shape index (κ3) is 3.91. The summed E-state index contributed by atoms with van der Waals surface area (Å²) >= 11 is 5.89. The highest BCUT2D eigenvalue weighted by atomic mass is 35.5. The lowest BCUT2D eigenvalue weighted by atomic mass is 9.94. The number of amides is 1. The maximum atomic E-state index is 12.0. The Hall–Kier alpha value is -1.88. The van der Waals surface area contributed by atoms with Crippen molar-refractivity contribution in [3.8, 4) is 0 Å². The summed E-state index contributed by atoms with van der Waals surface area (Å²) in [5.41, 5.74) is 1.05. The number of hydrogen-bond donors (Lipinski definition) is 0. The largest absolute Gasteiger partial charge is 0.331 e. The number of carbonyl (C=O) groups is 1. The van der Waals surface area contributed by atoms with Gasteiger partial charge in [0.05, 0.1) is 0 Å². The van der Waals surface area contributed by atoms with Crippen molar-refractivity contribution >= 4 is 23.5 Å². The molecule has 6 heteroatoms. The summed E-state index contributed by atoms with van der Waals surface area (Å²) < 4.78 is 5.36. The molecule has 1 saturated carbocycles. The van der Waals surface area contributed by atoms with Gasteiger partial charge < -0.3 is 4.52 Å². The molecule has 1 aliphatic rings. The second kappa shape index (κ2) is 7.13. The Morgan fingerprint density at radius 3 is 2.61 bits per heavy atom. The van der Waals surface area contributed by atoms with Crippen molar-refractivity contribution in [2.24, 2.45) is 0 Å². The van der Waals surface area contributed by atoms with Crippen LogP contribution in [0.15, 0.2) is 28.8 Å². The summed E-state index contributed by atoms with van der Waals surface area (Å²) in [7, 11) is 0. The third-order valence-corrected chi connectivity index (χ3v) is 4.47. The molecule has 1 heterocycles. The van der Waals surface area contributed by atoms with Crippen LogP contribution >= 0.6 is 11.6 Å². The molecule has 3 rings (SSSR count). The van der Waals surface area contributed by atoms with E-state index in [1.54, 1.807) is 11.8 Å². The van der Waals surface area contributed by atoms with E-state index in [0.29, 0.717) is 23.3 Å². The van der Waals surface area contributed by atoms with Gasteiger partial charge in [0.1, 0.15) is 0 Å². The van der Waals surface area contributed by atoms with Crippen LogP contribution in [0.1, 0.15) is 50.4 Å². The van der Waals surface area contributed by atoms with Crippen LogP contribution in [0.4, 0.5) is 6.01 Å². The zero-order valence-electron chi connectivity index (χ0n) is 13.2. The van der Waals surface area contributed by atoms with Gasteiger partial charge in [-0.2, -0.15) is 4.98 Å². The minimum atomic E-state index is -0.0430. The Labute approximate surface area is 140 Å². The molecule has 0 N–H and O–H groups in total. The monoisotopic (exact) mass is 333 g/mol. The van der Waals surface area contributed by atoms with Gasteiger partial charge in [0, 0.05) is 24.4 Å². The van der Waals surface area contributed by atoms with E-state index in [1.807, 2.05) is 24.3 Å². The zero-order chi connectivity index (χ0) is 16.2. The molecule has 0 unspecified atom stereocenters. The molecule has 0 aliphatic heterocycles. The number of hydrogen-bond acceptors (Lipinski definition) is 4. The number of carbonyl (C=O) groups excluding carboxylic acids is 1. The first-order chi connectivity index (χ1) is 11.1. The molecule has 0 saturated heterocycles. The Kier molecular flexibility index (Phi) is 4.96. The van der Waals surface area contributed by atoms with Crippen molar-refractivity contribution in [2.45, 2.75) is 51.5 Å². The number of rotatable bonds is 4. The van der Waals surface area contributed by atoms with Crippen molar-refractivity contribution in [2.75, 3.05) is 4.90 Å². The number of aromatic nitrogens is 2. The molecule has 1 aliphatic carbocycles. The van der Waals surface area contributed by atoms with Gasteiger partial charge in [0.25, 0.3) is 0 Å². The van der Waals surface area contributed by atoms with Crippen molar-refractivity contribution in [1.29, 1.82) is 0 Å². The normalized spacial score (nSPS) is 15.6. The van der Waals surface area contributed by atoms with E-state index in [2.05, 4.69) is 10.1 Å². The predicted octanol–water partition coefficient (Wildman–Crippen LogP) is 4.00. The Balaban J connectivity index is 1.75. The number of halogens is 1. The van der Waals surface area contributed by atoms with Gasteiger partial charge in [0.15, 0.2) is 5.82 Å². The van der Waals surface area contributed by atoms with E-state index in [1.165, 1.54) is 6.42 Å². The van der Waals surface area contributed by atoms with E-state index in [9.17, 15) is 4.79 Å². The lowest BCUT2D eigenvalue weighted by Crippen LogP contribution is -2.40. The first-order valence-electron chi connectivity index (χ1n) is 8.00. The maximum absolute atomic E-state index is 12.0. The lowest BCUT2D eigenvalue weighted by Gasteiger charge is -2.30. The molecule has 122 valence electrons. The molecule has 0 atom stereocenters. The van der Waals surface area contributed by atoms with Crippen LogP contribution in [-0.4, -0.2) is 22.1 Å². The number of anilines is 1. The van der Waals surface area contributed by atoms with Crippen molar-refractivity contribution in [1.82, 2.24) is 10.1 Å². The Morgan fingerprint density at radius 1 is 1.26 bits per heavy atom. The predicted molar refractivity (Wildman–Crippen MR) is 88.6 cm³/mol. The fourth-order valence-corrected chi connectivity index (χ4v) is 3.21. The lowest BCUT2D eigenvalue weighted by molar-refractivity contribution is -0.117. The summed E-state index contributed by atoms with van der Waals surface area (Å²) in [4.78, 5) is 18.1. The molecule has 1 fully saturated rings. The van der Waals surface area contributed by atoms with Gasteiger partial charge in [-0.05, 0) is 30.5 Å². The summed E-state index contributed by atoms with van der Waals surface area (Å²) in [5, 5.41) is 4.72. The van der Waals surface area contributed by atoms with Gasteiger partial charge in [0.2, 0.25) is 5.91 Å². The second-order valence-electron chi connectivity index (χ2n) is 5.98. The van der Waals surface area contributed by atoms with Crippen LogP contribution < -0.4 is 4.90 Å². The number of nitrogens with zero attached hydrogens (tertiary/aromatic N) is 3. The van der Waals surface area contributed by atoms with E-state index in [4.69, 9.17) is 16.1 Å². The SMILES string of the molecule is CC(=O)N(c1nc(Cc2ccc(Cl)cc2)no1)C1CCCCC1. The van der Waals surface area contributed by atoms with Crippen molar-refractivity contribution in [3.05, 3.63) is 40.7 Å². The summed E-state index contributed by atoms with van der Waals surface area (Å²) in [6.45, 7) is 1.55. The highest BCUT2D eigenvalue weighted by Gasteiger charge is 2.28.